The Morgan fingerprint density at radius 2 is 2.08 bits per heavy atom. The number of nitrogens with one attached hydrogen (secondary N) is 1. The second kappa shape index (κ2) is 7.84. The largest absolute Gasteiger partial charge is 0.451 e. The van der Waals surface area contributed by atoms with Crippen LogP contribution in [0.5, 0.6) is 0 Å². The minimum Gasteiger partial charge on any atom is -0.451 e. The number of thiophene rings is 1. The number of nitrogens with two attached hydrogens (primary N) is 1. The van der Waals surface area contributed by atoms with Crippen LogP contribution in [0.25, 0.3) is 0 Å². The molecule has 1 aliphatic rings. The fraction of sp³-hybridized carbons (Fsp3) is 0.294. The Kier molecular flexibility index (Phi) is 5.53. The van der Waals surface area contributed by atoms with Gasteiger partial charge in [0.2, 0.25) is 0 Å². The second-order valence-electron chi connectivity index (χ2n) is 5.76. The summed E-state index contributed by atoms with van der Waals surface area (Å²) in [4.78, 5) is 40.7. The molecule has 0 aromatic carbocycles. The van der Waals surface area contributed by atoms with Crippen molar-refractivity contribution in [2.24, 2.45) is 5.73 Å². The third-order valence-electron chi connectivity index (χ3n) is 3.94. The van der Waals surface area contributed by atoms with Crippen molar-refractivity contribution in [3.8, 4) is 0 Å². The topological polar surface area (TPSA) is 111 Å². The number of hydrogen-bond donors (Lipinski definition) is 2. The fourth-order valence-corrected chi connectivity index (χ4v) is 4.27. The number of halogens is 1. The maximum absolute atomic E-state index is 12.1. The van der Waals surface area contributed by atoms with Gasteiger partial charge in [0.15, 0.2) is 6.61 Å². The molecule has 2 aromatic rings. The van der Waals surface area contributed by atoms with Crippen molar-refractivity contribution in [2.75, 3.05) is 11.9 Å². The summed E-state index contributed by atoms with van der Waals surface area (Å²) in [5, 5.41) is 3.37. The van der Waals surface area contributed by atoms with Gasteiger partial charge in [-0.25, -0.2) is 9.78 Å². The van der Waals surface area contributed by atoms with Crippen molar-refractivity contribution < 1.29 is 19.1 Å². The zero-order chi connectivity index (χ0) is 18.7. The average molecular weight is 394 g/mol. The highest BCUT2D eigenvalue weighted by Crippen LogP contribution is 2.37. The van der Waals surface area contributed by atoms with Crippen LogP contribution in [0.4, 0.5) is 5.00 Å². The molecule has 1 aliphatic carbocycles. The van der Waals surface area contributed by atoms with E-state index < -0.39 is 24.4 Å². The van der Waals surface area contributed by atoms with Gasteiger partial charge in [-0.2, -0.15) is 0 Å². The molecule has 0 saturated carbocycles. The van der Waals surface area contributed by atoms with Gasteiger partial charge in [0, 0.05) is 16.1 Å². The van der Waals surface area contributed by atoms with Gasteiger partial charge < -0.3 is 15.8 Å². The van der Waals surface area contributed by atoms with Gasteiger partial charge in [-0.05, 0) is 43.4 Å². The van der Waals surface area contributed by atoms with E-state index in [2.05, 4.69) is 10.3 Å². The van der Waals surface area contributed by atoms with Crippen molar-refractivity contribution in [2.45, 2.75) is 25.7 Å². The molecule has 0 radical (unpaired) electrons. The van der Waals surface area contributed by atoms with Gasteiger partial charge in [-0.15, -0.1) is 11.3 Å². The van der Waals surface area contributed by atoms with E-state index in [0.29, 0.717) is 15.6 Å². The van der Waals surface area contributed by atoms with Crippen LogP contribution in [-0.4, -0.2) is 29.4 Å². The molecule has 2 amide bonds. The molecule has 7 nitrogen and oxygen atoms in total. The maximum Gasteiger partial charge on any atom is 0.357 e. The summed E-state index contributed by atoms with van der Waals surface area (Å²) < 4.78 is 4.94. The summed E-state index contributed by atoms with van der Waals surface area (Å²) in [5.41, 5.74) is 6.77. The molecule has 9 heteroatoms. The molecule has 0 bridgehead atoms. The Morgan fingerprint density at radius 1 is 1.31 bits per heavy atom. The number of fused-ring (bicyclic) bond motifs is 1. The first-order valence-electron chi connectivity index (χ1n) is 7.98. The molecule has 3 N–H and O–H groups in total. The molecule has 0 aliphatic heterocycles. The van der Waals surface area contributed by atoms with Crippen LogP contribution in [-0.2, 0) is 22.4 Å². The van der Waals surface area contributed by atoms with Gasteiger partial charge in [0.25, 0.3) is 11.8 Å². The van der Waals surface area contributed by atoms with Crippen molar-refractivity contribution >= 4 is 45.7 Å². The number of esters is 1. The number of nitrogens with zero attached hydrogens (tertiary/aromatic N) is 1. The lowest BCUT2D eigenvalue weighted by Gasteiger charge is -2.11. The van der Waals surface area contributed by atoms with Gasteiger partial charge in [-0.1, -0.05) is 11.6 Å². The highest BCUT2D eigenvalue weighted by atomic mass is 35.5. The number of rotatable bonds is 5. The van der Waals surface area contributed by atoms with E-state index >= 15 is 0 Å². The fourth-order valence-electron chi connectivity index (χ4n) is 2.80. The molecule has 0 atom stereocenters. The number of primary amides is 1. The van der Waals surface area contributed by atoms with Crippen LogP contribution in [0.2, 0.25) is 5.02 Å². The van der Waals surface area contributed by atoms with E-state index in [-0.39, 0.29) is 5.69 Å². The summed E-state index contributed by atoms with van der Waals surface area (Å²) in [5.74, 6) is -1.88. The van der Waals surface area contributed by atoms with Crippen molar-refractivity contribution in [3.05, 3.63) is 45.1 Å². The van der Waals surface area contributed by atoms with E-state index in [4.69, 9.17) is 22.1 Å². The number of aromatic nitrogens is 1. The summed E-state index contributed by atoms with van der Waals surface area (Å²) in [6.07, 6.45) is 5.04. The summed E-state index contributed by atoms with van der Waals surface area (Å²) in [7, 11) is 0. The molecule has 0 saturated heterocycles. The van der Waals surface area contributed by atoms with E-state index in [1.807, 2.05) is 0 Å². The first-order valence-corrected chi connectivity index (χ1v) is 9.18. The van der Waals surface area contributed by atoms with E-state index in [1.54, 1.807) is 0 Å². The standard InChI is InChI=1S/C17H16ClN3O4S/c18-9-5-6-20-11(7-9)17(24)25-8-13(22)21-16-14(15(19)23)10-3-1-2-4-12(10)26-16/h5-7H,1-4,8H2,(H2,19,23)(H,21,22). The first kappa shape index (κ1) is 18.3. The minimum atomic E-state index is -0.761. The lowest BCUT2D eigenvalue weighted by atomic mass is 9.95. The quantitative estimate of drug-likeness (QED) is 0.758. The number of anilines is 1. The summed E-state index contributed by atoms with van der Waals surface area (Å²) >= 11 is 7.13. The molecule has 2 aromatic heterocycles. The molecule has 136 valence electrons. The van der Waals surface area contributed by atoms with Crippen molar-refractivity contribution in [3.63, 3.8) is 0 Å². The number of carbonyl (C=O) groups excluding carboxylic acids is 3. The Hall–Kier alpha value is -2.45. The van der Waals surface area contributed by atoms with Crippen LogP contribution in [0, 0.1) is 0 Å². The zero-order valence-corrected chi connectivity index (χ0v) is 15.3. The molecule has 2 heterocycles. The number of aryl methyl sites for hydroxylation is 1. The smallest absolute Gasteiger partial charge is 0.357 e. The highest BCUT2D eigenvalue weighted by molar-refractivity contribution is 7.17. The number of ether oxygens (including phenoxy) is 1. The molecular weight excluding hydrogens is 378 g/mol. The highest BCUT2D eigenvalue weighted by Gasteiger charge is 2.25. The van der Waals surface area contributed by atoms with Gasteiger partial charge >= 0.3 is 5.97 Å². The third-order valence-corrected chi connectivity index (χ3v) is 5.38. The number of amides is 2. The number of hydrogen-bond acceptors (Lipinski definition) is 6. The minimum absolute atomic E-state index is 0.00899. The predicted molar refractivity (Wildman–Crippen MR) is 97.6 cm³/mol. The molecule has 0 fully saturated rings. The van der Waals surface area contributed by atoms with Crippen LogP contribution >= 0.6 is 22.9 Å². The van der Waals surface area contributed by atoms with E-state index in [0.717, 1.165) is 36.1 Å². The van der Waals surface area contributed by atoms with Crippen LogP contribution in [0.1, 0.15) is 44.1 Å². The zero-order valence-electron chi connectivity index (χ0n) is 13.7. The lowest BCUT2D eigenvalue weighted by molar-refractivity contribution is -0.119. The molecule has 3 rings (SSSR count). The van der Waals surface area contributed by atoms with Crippen molar-refractivity contribution in [1.82, 2.24) is 4.98 Å². The SMILES string of the molecule is NC(=O)c1c(NC(=O)COC(=O)c2cc(Cl)ccn2)sc2c1CCCC2. The summed E-state index contributed by atoms with van der Waals surface area (Å²) in [6, 6.07) is 2.87. The average Bonchev–Trinajstić information content (AvgIpc) is 2.97. The Morgan fingerprint density at radius 3 is 2.81 bits per heavy atom. The number of pyridine rings is 1. The first-order chi connectivity index (χ1) is 12.5. The van der Waals surface area contributed by atoms with Crippen LogP contribution in [0.3, 0.4) is 0 Å². The van der Waals surface area contributed by atoms with Gasteiger partial charge in [-0.3, -0.25) is 9.59 Å². The molecule has 0 spiro atoms. The Bertz CT molecular complexity index is 881. The monoisotopic (exact) mass is 393 g/mol. The molecule has 26 heavy (non-hydrogen) atoms. The predicted octanol–water partition coefficient (Wildman–Crippen LogP) is 2.57. The third kappa shape index (κ3) is 4.03. The van der Waals surface area contributed by atoms with Crippen LogP contribution in [0.15, 0.2) is 18.3 Å². The van der Waals surface area contributed by atoms with Gasteiger partial charge in [0.05, 0.1) is 5.56 Å². The van der Waals surface area contributed by atoms with E-state index in [1.165, 1.54) is 29.7 Å². The molecule has 0 unspecified atom stereocenters. The molecular formula is C17H16ClN3O4S. The van der Waals surface area contributed by atoms with Crippen LogP contribution < -0.4 is 11.1 Å². The van der Waals surface area contributed by atoms with Crippen molar-refractivity contribution in [1.29, 1.82) is 0 Å². The number of carbonyl (C=O) groups is 3. The second-order valence-corrected chi connectivity index (χ2v) is 7.30. The summed E-state index contributed by atoms with van der Waals surface area (Å²) in [6.45, 7) is -0.506. The maximum atomic E-state index is 12.1. The Labute approximate surface area is 158 Å². The lowest BCUT2D eigenvalue weighted by Crippen LogP contribution is -2.23. The van der Waals surface area contributed by atoms with Gasteiger partial charge in [0.1, 0.15) is 10.7 Å². The normalized spacial score (nSPS) is 13.0. The Balaban J connectivity index is 1.66. The van der Waals surface area contributed by atoms with E-state index in [9.17, 15) is 14.4 Å².